The van der Waals surface area contributed by atoms with Gasteiger partial charge in [-0.15, -0.1) is 11.3 Å². The molecule has 37 heavy (non-hydrogen) atoms. The van der Waals surface area contributed by atoms with E-state index in [9.17, 15) is 27.9 Å². The quantitative estimate of drug-likeness (QED) is 0.392. The third-order valence-corrected chi connectivity index (χ3v) is 9.19. The van der Waals surface area contributed by atoms with Crippen molar-refractivity contribution in [3.8, 4) is 11.4 Å². The summed E-state index contributed by atoms with van der Waals surface area (Å²) in [5.41, 5.74) is -1.53. The van der Waals surface area contributed by atoms with Crippen LogP contribution in [0.1, 0.15) is 34.5 Å². The number of nitrogens with one attached hydrogen (secondary N) is 1. The van der Waals surface area contributed by atoms with Crippen LogP contribution >= 0.6 is 11.3 Å². The molecular formula is C24H20FN3O7S2. The predicted octanol–water partition coefficient (Wildman–Crippen LogP) is 3.29. The highest BCUT2D eigenvalue weighted by Gasteiger charge is 2.35. The zero-order chi connectivity index (χ0) is 26.6. The van der Waals surface area contributed by atoms with Gasteiger partial charge in [-0.3, -0.25) is 9.10 Å². The molecule has 2 aromatic heterocycles. The van der Waals surface area contributed by atoms with Crippen LogP contribution in [0.4, 0.5) is 10.1 Å². The summed E-state index contributed by atoms with van der Waals surface area (Å²) in [6.45, 7) is 2.14. The first-order valence-corrected chi connectivity index (χ1v) is 13.4. The van der Waals surface area contributed by atoms with Crippen molar-refractivity contribution in [3.05, 3.63) is 78.9 Å². The lowest BCUT2D eigenvalue weighted by molar-refractivity contribution is 0.0704. The molecule has 5 rings (SSSR count). The standard InChI is InChI=1S/C24H20FN3O7S2/c1-12-7-8-27(16-6-4-3-5-13(12)16)37(33,34)19-10-17(14(25)9-18(19)35-2)28-22(29)20-15(26-24(28)32)11-36-21(20)23(30)31/h3-6,9-12H,7-8H2,1-2H3,(H,26,32)(H,30,31). The number of aromatic carboxylic acids is 1. The number of carbonyl (C=O) groups is 1. The average Bonchev–Trinajstić information content (AvgIpc) is 3.29. The van der Waals surface area contributed by atoms with Crippen molar-refractivity contribution >= 4 is 43.9 Å². The lowest BCUT2D eigenvalue weighted by atomic mass is 9.93. The first kappa shape index (κ1) is 24.7. The number of hydrogen-bond donors (Lipinski definition) is 2. The van der Waals surface area contributed by atoms with E-state index in [4.69, 9.17) is 4.74 Å². The second-order valence-corrected chi connectivity index (χ2v) is 11.2. The Balaban J connectivity index is 1.76. The Morgan fingerprint density at radius 3 is 2.65 bits per heavy atom. The molecule has 2 N–H and O–H groups in total. The van der Waals surface area contributed by atoms with Crippen molar-refractivity contribution in [2.45, 2.75) is 24.2 Å². The van der Waals surface area contributed by atoms with Gasteiger partial charge < -0.3 is 14.8 Å². The van der Waals surface area contributed by atoms with Crippen molar-refractivity contribution in [2.24, 2.45) is 0 Å². The summed E-state index contributed by atoms with van der Waals surface area (Å²) >= 11 is 0.728. The van der Waals surface area contributed by atoms with Gasteiger partial charge >= 0.3 is 11.7 Å². The molecule has 0 amide bonds. The molecule has 0 bridgehead atoms. The number of thiophene rings is 1. The van der Waals surface area contributed by atoms with Crippen LogP contribution in [-0.2, 0) is 10.0 Å². The molecule has 0 saturated carbocycles. The average molecular weight is 546 g/mol. The second-order valence-electron chi connectivity index (χ2n) is 8.51. The fourth-order valence-corrected chi connectivity index (χ4v) is 7.05. The van der Waals surface area contributed by atoms with E-state index in [0.717, 1.165) is 29.0 Å². The Morgan fingerprint density at radius 2 is 1.95 bits per heavy atom. The number of H-pyrrole nitrogens is 1. The maximum Gasteiger partial charge on any atom is 0.346 e. The van der Waals surface area contributed by atoms with Crippen molar-refractivity contribution < 1.29 is 27.4 Å². The molecule has 10 nitrogen and oxygen atoms in total. The third-order valence-electron chi connectivity index (χ3n) is 6.39. The molecule has 192 valence electrons. The zero-order valence-electron chi connectivity index (χ0n) is 19.5. The Kier molecular flexibility index (Phi) is 5.91. The van der Waals surface area contributed by atoms with Crippen LogP contribution in [0.3, 0.4) is 0 Å². The number of aromatic amines is 1. The lowest BCUT2D eigenvalue weighted by Crippen LogP contribution is -2.37. The lowest BCUT2D eigenvalue weighted by Gasteiger charge is -2.34. The van der Waals surface area contributed by atoms with Crippen molar-refractivity contribution in [3.63, 3.8) is 0 Å². The topological polar surface area (TPSA) is 139 Å². The molecule has 0 radical (unpaired) electrons. The maximum absolute atomic E-state index is 15.3. The minimum atomic E-state index is -4.35. The Morgan fingerprint density at radius 1 is 1.22 bits per heavy atom. The first-order valence-electron chi connectivity index (χ1n) is 11.1. The van der Waals surface area contributed by atoms with E-state index in [0.29, 0.717) is 16.7 Å². The molecule has 1 atom stereocenters. The van der Waals surface area contributed by atoms with E-state index in [1.54, 1.807) is 12.1 Å². The van der Waals surface area contributed by atoms with Crippen LogP contribution < -0.4 is 20.3 Å². The zero-order valence-corrected chi connectivity index (χ0v) is 21.2. The Hall–Kier alpha value is -3.97. The highest BCUT2D eigenvalue weighted by Crippen LogP contribution is 2.40. The van der Waals surface area contributed by atoms with E-state index >= 15 is 4.39 Å². The van der Waals surface area contributed by atoms with Gasteiger partial charge in [0.2, 0.25) is 0 Å². The largest absolute Gasteiger partial charge is 0.495 e. The number of halogens is 1. The van der Waals surface area contributed by atoms with E-state index in [1.807, 2.05) is 19.1 Å². The fourth-order valence-electron chi connectivity index (χ4n) is 4.56. The minimum absolute atomic E-state index is 0.0190. The van der Waals surface area contributed by atoms with Gasteiger partial charge in [-0.25, -0.2) is 27.0 Å². The molecule has 0 spiro atoms. The summed E-state index contributed by atoms with van der Waals surface area (Å²) in [5.74, 6) is -2.70. The Labute approximate surface area is 213 Å². The number of aromatic nitrogens is 2. The van der Waals surface area contributed by atoms with Crippen molar-refractivity contribution in [1.82, 2.24) is 9.55 Å². The van der Waals surface area contributed by atoms with Crippen LogP contribution in [0.5, 0.6) is 5.75 Å². The molecule has 2 aromatic carbocycles. The number of anilines is 1. The third kappa shape index (κ3) is 3.81. The normalized spacial score (nSPS) is 15.5. The number of sulfonamides is 1. The monoisotopic (exact) mass is 545 g/mol. The highest BCUT2D eigenvalue weighted by molar-refractivity contribution is 7.93. The van der Waals surface area contributed by atoms with Crippen LogP contribution in [-0.4, -0.2) is 42.7 Å². The summed E-state index contributed by atoms with van der Waals surface area (Å²) in [6, 6.07) is 8.67. The number of carboxylic acid groups (broad SMARTS) is 1. The number of carboxylic acids is 1. The number of nitrogens with zero attached hydrogens (tertiary/aromatic N) is 2. The van der Waals surface area contributed by atoms with Crippen LogP contribution in [0, 0.1) is 5.82 Å². The van der Waals surface area contributed by atoms with Gasteiger partial charge in [0, 0.05) is 18.0 Å². The fraction of sp³-hybridized carbons (Fsp3) is 0.208. The first-order chi connectivity index (χ1) is 17.6. The smallest absolute Gasteiger partial charge is 0.346 e. The van der Waals surface area contributed by atoms with Gasteiger partial charge in [0.05, 0.1) is 29.4 Å². The van der Waals surface area contributed by atoms with E-state index in [1.165, 1.54) is 16.8 Å². The van der Waals surface area contributed by atoms with E-state index < -0.39 is 43.6 Å². The summed E-state index contributed by atoms with van der Waals surface area (Å²) in [6.07, 6.45) is 0.540. The molecule has 1 aliphatic heterocycles. The molecule has 1 unspecified atom stereocenters. The van der Waals surface area contributed by atoms with Gasteiger partial charge in [0.25, 0.3) is 15.6 Å². The van der Waals surface area contributed by atoms with Gasteiger partial charge in [0.15, 0.2) is 5.82 Å². The van der Waals surface area contributed by atoms with Crippen LogP contribution in [0.2, 0.25) is 0 Å². The van der Waals surface area contributed by atoms with E-state index in [2.05, 4.69) is 4.98 Å². The number of ether oxygens (including phenoxy) is 1. The van der Waals surface area contributed by atoms with Crippen LogP contribution in [0.15, 0.2) is 56.3 Å². The molecular weight excluding hydrogens is 525 g/mol. The predicted molar refractivity (Wildman–Crippen MR) is 136 cm³/mol. The number of methoxy groups -OCH3 is 1. The highest BCUT2D eigenvalue weighted by atomic mass is 32.2. The molecule has 0 fully saturated rings. The number of fused-ring (bicyclic) bond motifs is 2. The van der Waals surface area contributed by atoms with Gasteiger partial charge in [-0.1, -0.05) is 25.1 Å². The maximum atomic E-state index is 15.3. The molecule has 3 heterocycles. The summed E-state index contributed by atoms with van der Waals surface area (Å²) in [5, 5.41) is 10.4. The van der Waals surface area contributed by atoms with E-state index in [-0.39, 0.29) is 34.0 Å². The number of benzene rings is 2. The molecule has 13 heteroatoms. The summed E-state index contributed by atoms with van der Waals surface area (Å²) in [7, 11) is -3.17. The number of rotatable bonds is 5. The van der Waals surface area contributed by atoms with Gasteiger partial charge in [-0.2, -0.15) is 0 Å². The van der Waals surface area contributed by atoms with Gasteiger partial charge in [-0.05, 0) is 30.0 Å². The van der Waals surface area contributed by atoms with Crippen molar-refractivity contribution in [2.75, 3.05) is 18.0 Å². The Bertz CT molecular complexity index is 1810. The van der Waals surface area contributed by atoms with Crippen molar-refractivity contribution in [1.29, 1.82) is 0 Å². The molecule has 1 aliphatic rings. The molecule has 0 aliphatic carbocycles. The van der Waals surface area contributed by atoms with Gasteiger partial charge in [0.1, 0.15) is 15.5 Å². The minimum Gasteiger partial charge on any atom is -0.495 e. The summed E-state index contributed by atoms with van der Waals surface area (Å²) in [4.78, 5) is 39.2. The van der Waals surface area contributed by atoms with Crippen LogP contribution in [0.25, 0.3) is 16.6 Å². The number of para-hydroxylation sites is 1. The number of hydrogen-bond acceptors (Lipinski definition) is 7. The second kappa shape index (κ2) is 8.85. The SMILES string of the molecule is COc1cc(F)c(-n2c(=O)[nH]c3csc(C(=O)O)c3c2=O)cc1S(=O)(=O)N1CCC(C)c2ccccc21. The molecule has 0 saturated heterocycles. The molecule has 4 aromatic rings. The summed E-state index contributed by atoms with van der Waals surface area (Å²) < 4.78 is 49.8.